The molecular formula is C27H50O4Si. The molecule has 0 aliphatic heterocycles. The van der Waals surface area contributed by atoms with Crippen molar-refractivity contribution in [3.63, 3.8) is 0 Å². The van der Waals surface area contributed by atoms with Crippen molar-refractivity contribution in [2.75, 3.05) is 7.11 Å². The molecule has 5 heteroatoms. The molecule has 0 rings (SSSR count). The molecule has 4 atom stereocenters. The Morgan fingerprint density at radius 3 is 2.12 bits per heavy atom. The summed E-state index contributed by atoms with van der Waals surface area (Å²) >= 11 is 0. The van der Waals surface area contributed by atoms with Gasteiger partial charge in [-0.25, -0.2) is 0 Å². The van der Waals surface area contributed by atoms with Crippen molar-refractivity contribution in [3.8, 4) is 0 Å². The van der Waals surface area contributed by atoms with Gasteiger partial charge in [0.05, 0.1) is 6.10 Å². The van der Waals surface area contributed by atoms with Gasteiger partial charge in [0.1, 0.15) is 12.2 Å². The largest absolute Gasteiger partial charge is 0.458 e. The van der Waals surface area contributed by atoms with E-state index in [2.05, 4.69) is 73.9 Å². The highest BCUT2D eigenvalue weighted by molar-refractivity contribution is 6.74. The zero-order valence-electron chi connectivity index (χ0n) is 22.5. The van der Waals surface area contributed by atoms with Crippen LogP contribution in [0.4, 0.5) is 0 Å². The molecule has 0 aromatic carbocycles. The van der Waals surface area contributed by atoms with E-state index in [9.17, 15) is 4.79 Å². The molecule has 4 nitrogen and oxygen atoms in total. The molecule has 0 aliphatic rings. The zero-order valence-corrected chi connectivity index (χ0v) is 23.5. The number of hydrogen-bond acceptors (Lipinski definition) is 4. The molecule has 0 aliphatic carbocycles. The molecule has 186 valence electrons. The maximum atomic E-state index is 12.4. The molecule has 32 heavy (non-hydrogen) atoms. The summed E-state index contributed by atoms with van der Waals surface area (Å²) in [4.78, 5) is 12.4. The second-order valence-electron chi connectivity index (χ2n) is 10.7. The topological polar surface area (TPSA) is 44.8 Å². The SMILES string of the molecule is C=CCCCCC(=O)O[C@H](/C(C)=C\C(C)[C@H](O[Si](C)(C)C(C)(C)C)[C@H](C=C)OC)C(C)C. The highest BCUT2D eigenvalue weighted by Gasteiger charge is 2.41. The van der Waals surface area contributed by atoms with Gasteiger partial charge in [-0.1, -0.05) is 59.8 Å². The van der Waals surface area contributed by atoms with Gasteiger partial charge in [0, 0.05) is 19.4 Å². The average molecular weight is 467 g/mol. The molecular weight excluding hydrogens is 416 g/mol. The number of hydrogen-bond donors (Lipinski definition) is 0. The van der Waals surface area contributed by atoms with Crippen molar-refractivity contribution in [1.29, 1.82) is 0 Å². The van der Waals surface area contributed by atoms with E-state index in [0.717, 1.165) is 24.8 Å². The average Bonchev–Trinajstić information content (AvgIpc) is 2.68. The molecule has 0 radical (unpaired) electrons. The Hall–Kier alpha value is -1.17. The number of allylic oxidation sites excluding steroid dienone is 1. The van der Waals surface area contributed by atoms with Crippen LogP contribution in [0.2, 0.25) is 18.1 Å². The summed E-state index contributed by atoms with van der Waals surface area (Å²) in [6.45, 7) is 27.3. The lowest BCUT2D eigenvalue weighted by molar-refractivity contribution is -0.149. The molecule has 0 aromatic heterocycles. The normalized spacial score (nSPS) is 16.9. The van der Waals surface area contributed by atoms with Crippen LogP contribution in [0.5, 0.6) is 0 Å². The first-order valence-corrected chi connectivity index (χ1v) is 14.9. The fourth-order valence-corrected chi connectivity index (χ4v) is 4.86. The fourth-order valence-electron chi connectivity index (χ4n) is 3.47. The van der Waals surface area contributed by atoms with Crippen LogP contribution in [-0.4, -0.2) is 39.7 Å². The summed E-state index contributed by atoms with van der Waals surface area (Å²) in [6, 6.07) is 0. The van der Waals surface area contributed by atoms with Crippen LogP contribution in [0.25, 0.3) is 0 Å². The van der Waals surface area contributed by atoms with Gasteiger partial charge >= 0.3 is 5.97 Å². The lowest BCUT2D eigenvalue weighted by atomic mass is 9.92. The molecule has 0 amide bonds. The maximum Gasteiger partial charge on any atom is 0.306 e. The van der Waals surface area contributed by atoms with Gasteiger partial charge in [-0.3, -0.25) is 4.79 Å². The summed E-state index contributed by atoms with van der Waals surface area (Å²) in [7, 11) is -0.326. The minimum Gasteiger partial charge on any atom is -0.458 e. The van der Waals surface area contributed by atoms with Gasteiger partial charge in [0.15, 0.2) is 8.32 Å². The molecule has 0 N–H and O–H groups in total. The summed E-state index contributed by atoms with van der Waals surface area (Å²) < 4.78 is 18.4. The molecule has 0 heterocycles. The number of rotatable bonds is 15. The van der Waals surface area contributed by atoms with E-state index in [1.807, 2.05) is 19.1 Å². The van der Waals surface area contributed by atoms with Gasteiger partial charge in [-0.05, 0) is 55.8 Å². The second-order valence-corrected chi connectivity index (χ2v) is 15.5. The lowest BCUT2D eigenvalue weighted by Gasteiger charge is -2.42. The monoisotopic (exact) mass is 466 g/mol. The van der Waals surface area contributed by atoms with Crippen LogP contribution in [0.1, 0.15) is 74.1 Å². The first-order valence-electron chi connectivity index (χ1n) is 12.0. The van der Waals surface area contributed by atoms with Crippen molar-refractivity contribution in [2.45, 2.75) is 111 Å². The van der Waals surface area contributed by atoms with Gasteiger partial charge < -0.3 is 13.9 Å². The van der Waals surface area contributed by atoms with Crippen LogP contribution in [0.15, 0.2) is 37.0 Å². The van der Waals surface area contributed by atoms with Crippen LogP contribution in [0, 0.1) is 11.8 Å². The van der Waals surface area contributed by atoms with Crippen molar-refractivity contribution < 1.29 is 18.7 Å². The molecule has 0 fully saturated rings. The van der Waals surface area contributed by atoms with E-state index in [-0.39, 0.29) is 41.2 Å². The van der Waals surface area contributed by atoms with E-state index in [1.165, 1.54) is 0 Å². The van der Waals surface area contributed by atoms with E-state index in [4.69, 9.17) is 13.9 Å². The number of carbonyl (C=O) groups excluding carboxylic acids is 1. The summed E-state index contributed by atoms with van der Waals surface area (Å²) in [5, 5.41) is 0.0881. The van der Waals surface area contributed by atoms with Crippen LogP contribution >= 0.6 is 0 Å². The van der Waals surface area contributed by atoms with Gasteiger partial charge in [0.25, 0.3) is 0 Å². The molecule has 0 aromatic rings. The van der Waals surface area contributed by atoms with Gasteiger partial charge in [0.2, 0.25) is 0 Å². The van der Waals surface area contributed by atoms with E-state index in [1.54, 1.807) is 7.11 Å². The Labute approximate surface area is 199 Å². The first-order chi connectivity index (χ1) is 14.7. The highest BCUT2D eigenvalue weighted by Crippen LogP contribution is 2.39. The Kier molecular flexibility index (Phi) is 13.6. The number of esters is 1. The molecule has 1 unspecified atom stereocenters. The predicted octanol–water partition coefficient (Wildman–Crippen LogP) is 7.47. The molecule has 0 saturated heterocycles. The summed E-state index contributed by atoms with van der Waals surface area (Å²) in [5.41, 5.74) is 1.05. The van der Waals surface area contributed by atoms with Crippen molar-refractivity contribution >= 4 is 14.3 Å². The fraction of sp³-hybridized carbons (Fsp3) is 0.741. The maximum absolute atomic E-state index is 12.4. The molecule has 0 spiro atoms. The minimum absolute atomic E-state index is 0.0691. The lowest BCUT2D eigenvalue weighted by Crippen LogP contribution is -2.49. The Morgan fingerprint density at radius 2 is 1.69 bits per heavy atom. The number of carbonyl (C=O) groups is 1. The van der Waals surface area contributed by atoms with E-state index < -0.39 is 8.32 Å². The predicted molar refractivity (Wildman–Crippen MR) is 139 cm³/mol. The second kappa shape index (κ2) is 14.2. The van der Waals surface area contributed by atoms with Crippen molar-refractivity contribution in [2.24, 2.45) is 11.8 Å². The van der Waals surface area contributed by atoms with Crippen LogP contribution in [0.3, 0.4) is 0 Å². The third-order valence-corrected chi connectivity index (χ3v) is 10.9. The quantitative estimate of drug-likeness (QED) is 0.109. The Bertz CT molecular complexity index is 616. The van der Waals surface area contributed by atoms with Gasteiger partial charge in [-0.2, -0.15) is 0 Å². The van der Waals surface area contributed by atoms with Crippen molar-refractivity contribution in [3.05, 3.63) is 37.0 Å². The number of methoxy groups -OCH3 is 1. The Balaban J connectivity index is 5.61. The first kappa shape index (κ1) is 30.8. The standard InChI is InChI=1S/C27H50O4Si/c1-13-15-16-17-18-24(28)30-25(20(3)4)21(5)19-22(6)26(23(14-2)29-10)31-32(11,12)27(7,8)9/h13-14,19-20,22-23,25-26H,1-2,15-18H2,3-12H3/b21-19-/t22?,23-,25-,26-/m0/s1. The minimum atomic E-state index is -2.02. The smallest absolute Gasteiger partial charge is 0.306 e. The summed E-state index contributed by atoms with van der Waals surface area (Å²) in [6.07, 6.45) is 8.43. The number of unbranched alkanes of at least 4 members (excludes halogenated alkanes) is 2. The Morgan fingerprint density at radius 1 is 1.09 bits per heavy atom. The molecule has 0 bridgehead atoms. The van der Waals surface area contributed by atoms with Crippen LogP contribution < -0.4 is 0 Å². The van der Waals surface area contributed by atoms with E-state index >= 15 is 0 Å². The van der Waals surface area contributed by atoms with Crippen LogP contribution in [-0.2, 0) is 18.7 Å². The van der Waals surface area contributed by atoms with E-state index in [0.29, 0.717) is 6.42 Å². The molecule has 0 saturated carbocycles. The zero-order chi connectivity index (χ0) is 25.1. The third-order valence-electron chi connectivity index (χ3n) is 6.46. The van der Waals surface area contributed by atoms with Gasteiger partial charge in [-0.15, -0.1) is 13.2 Å². The summed E-state index contributed by atoms with van der Waals surface area (Å²) in [5.74, 6) is 0.121. The highest BCUT2D eigenvalue weighted by atomic mass is 28.4. The number of ether oxygens (including phenoxy) is 2. The van der Waals surface area contributed by atoms with Crippen molar-refractivity contribution in [1.82, 2.24) is 0 Å². The third kappa shape index (κ3) is 10.2.